The Morgan fingerprint density at radius 1 is 1.22 bits per heavy atom. The van der Waals surface area contributed by atoms with E-state index in [2.05, 4.69) is 5.18 Å². The smallest absolute Gasteiger partial charge is 0.280 e. The first-order chi connectivity index (χ1) is 8.70. The van der Waals surface area contributed by atoms with Crippen molar-refractivity contribution in [2.24, 2.45) is 5.18 Å². The van der Waals surface area contributed by atoms with E-state index in [-0.39, 0.29) is 11.2 Å². The predicted octanol–water partition coefficient (Wildman–Crippen LogP) is 2.76. The van der Waals surface area contributed by atoms with Crippen molar-refractivity contribution in [1.29, 1.82) is 0 Å². The zero-order chi connectivity index (χ0) is 13.1. The van der Waals surface area contributed by atoms with Gasteiger partial charge in [-0.3, -0.25) is 9.48 Å². The highest BCUT2D eigenvalue weighted by molar-refractivity contribution is 5.44. The van der Waals surface area contributed by atoms with Crippen molar-refractivity contribution in [3.05, 3.63) is 51.3 Å². The molecule has 1 aromatic heterocycles. The van der Waals surface area contributed by atoms with Crippen molar-refractivity contribution in [3.63, 3.8) is 0 Å². The van der Waals surface area contributed by atoms with Gasteiger partial charge in [-0.15, -0.1) is 4.91 Å². The van der Waals surface area contributed by atoms with Gasteiger partial charge in [-0.2, -0.15) is 0 Å². The molecule has 0 aliphatic carbocycles. The van der Waals surface area contributed by atoms with Gasteiger partial charge in [-0.1, -0.05) is 25.1 Å². The van der Waals surface area contributed by atoms with E-state index in [0.717, 1.165) is 12.1 Å². The van der Waals surface area contributed by atoms with Gasteiger partial charge < -0.3 is 0 Å². The minimum Gasteiger partial charge on any atom is -0.280 e. The second-order valence-electron chi connectivity index (χ2n) is 4.10. The van der Waals surface area contributed by atoms with E-state index in [0.29, 0.717) is 12.2 Å². The fourth-order valence-electron chi connectivity index (χ4n) is 2.05. The van der Waals surface area contributed by atoms with Crippen molar-refractivity contribution in [2.75, 3.05) is 0 Å². The Balaban J connectivity index is 2.73. The Kier molecular flexibility index (Phi) is 3.41. The average Bonchev–Trinajstić information content (AvgIpc) is 2.62. The highest BCUT2D eigenvalue weighted by Crippen LogP contribution is 2.17. The van der Waals surface area contributed by atoms with Crippen LogP contribution in [0.25, 0.3) is 5.69 Å². The molecular weight excluding hydrogens is 230 g/mol. The molecule has 2 rings (SSSR count). The molecular formula is C13H15N3O2. The predicted molar refractivity (Wildman–Crippen MR) is 70.5 cm³/mol. The summed E-state index contributed by atoms with van der Waals surface area (Å²) < 4.78 is 3.31. The van der Waals surface area contributed by atoms with Gasteiger partial charge in [-0.05, 0) is 30.7 Å². The molecule has 0 fully saturated rings. The van der Waals surface area contributed by atoms with Gasteiger partial charge in [0.1, 0.15) is 0 Å². The van der Waals surface area contributed by atoms with Gasteiger partial charge in [0.15, 0.2) is 5.69 Å². The maximum absolute atomic E-state index is 12.2. The van der Waals surface area contributed by atoms with Crippen molar-refractivity contribution in [2.45, 2.75) is 26.8 Å². The van der Waals surface area contributed by atoms with Crippen LogP contribution in [0.3, 0.4) is 0 Å². The highest BCUT2D eigenvalue weighted by atomic mass is 16.3. The molecule has 18 heavy (non-hydrogen) atoms. The second kappa shape index (κ2) is 5.00. The van der Waals surface area contributed by atoms with Gasteiger partial charge in [0.25, 0.3) is 0 Å². The molecule has 0 aliphatic heterocycles. The fraction of sp³-hybridized carbons (Fsp3) is 0.308. The highest BCUT2D eigenvalue weighted by Gasteiger charge is 2.17. The Bertz CT molecular complexity index is 611. The van der Waals surface area contributed by atoms with Gasteiger partial charge >= 0.3 is 5.56 Å². The minimum absolute atomic E-state index is 0.00713. The second-order valence-corrected chi connectivity index (χ2v) is 4.10. The molecule has 0 amide bonds. The summed E-state index contributed by atoms with van der Waals surface area (Å²) in [6.45, 7) is 4.44. The number of aromatic nitrogens is 2. The number of para-hydroxylation sites is 1. The largest absolute Gasteiger partial charge is 0.301 e. The maximum Gasteiger partial charge on any atom is 0.301 e. The average molecular weight is 245 g/mol. The van der Waals surface area contributed by atoms with E-state index < -0.39 is 0 Å². The molecule has 0 atom stereocenters. The minimum atomic E-state index is -0.359. The van der Waals surface area contributed by atoms with Gasteiger partial charge in [0, 0.05) is 6.54 Å². The quantitative estimate of drug-likeness (QED) is 0.778. The Morgan fingerprint density at radius 2 is 1.89 bits per heavy atom. The van der Waals surface area contributed by atoms with E-state index >= 15 is 0 Å². The molecule has 0 saturated heterocycles. The van der Waals surface area contributed by atoms with E-state index in [4.69, 9.17) is 0 Å². The third-order valence-electron chi connectivity index (χ3n) is 2.89. The molecule has 0 spiro atoms. The summed E-state index contributed by atoms with van der Waals surface area (Å²) in [5, 5.41) is 2.85. The number of rotatable bonds is 4. The normalized spacial score (nSPS) is 10.6. The number of nitroso groups, excluding NO2 is 1. The SMILES string of the molecule is CCCn1c(C)c(N=O)c(=O)n1-c1ccccc1. The Labute approximate surface area is 105 Å². The summed E-state index contributed by atoms with van der Waals surface area (Å²) in [5.41, 5.74) is 0.990. The van der Waals surface area contributed by atoms with Crippen molar-refractivity contribution in [3.8, 4) is 5.69 Å². The van der Waals surface area contributed by atoms with Gasteiger partial charge in [-0.25, -0.2) is 4.68 Å². The number of hydrogen-bond donors (Lipinski definition) is 0. The lowest BCUT2D eigenvalue weighted by atomic mass is 10.3. The lowest BCUT2D eigenvalue weighted by molar-refractivity contribution is 0.523. The monoisotopic (exact) mass is 245 g/mol. The Morgan fingerprint density at radius 3 is 2.44 bits per heavy atom. The van der Waals surface area contributed by atoms with E-state index in [1.807, 2.05) is 37.3 Å². The van der Waals surface area contributed by atoms with Gasteiger partial charge in [0.2, 0.25) is 0 Å². The number of benzene rings is 1. The molecule has 0 saturated carbocycles. The molecule has 1 aromatic carbocycles. The van der Waals surface area contributed by atoms with Crippen molar-refractivity contribution in [1.82, 2.24) is 9.36 Å². The molecule has 0 aliphatic rings. The van der Waals surface area contributed by atoms with Crippen LogP contribution in [0.5, 0.6) is 0 Å². The molecule has 0 N–H and O–H groups in total. The molecule has 1 heterocycles. The summed E-state index contributed by atoms with van der Waals surface area (Å²) in [6.07, 6.45) is 0.875. The Hall–Kier alpha value is -2.17. The molecule has 2 aromatic rings. The summed E-state index contributed by atoms with van der Waals surface area (Å²) in [6, 6.07) is 9.26. The number of hydrogen-bond acceptors (Lipinski definition) is 3. The first-order valence-electron chi connectivity index (χ1n) is 5.92. The van der Waals surface area contributed by atoms with Crippen LogP contribution < -0.4 is 5.56 Å². The first kappa shape index (κ1) is 12.3. The summed E-state index contributed by atoms with van der Waals surface area (Å²) in [4.78, 5) is 22.9. The lowest BCUT2D eigenvalue weighted by Gasteiger charge is -2.12. The topological polar surface area (TPSA) is 56.4 Å². The fourth-order valence-corrected chi connectivity index (χ4v) is 2.05. The summed E-state index contributed by atoms with van der Waals surface area (Å²) in [7, 11) is 0. The first-order valence-corrected chi connectivity index (χ1v) is 5.92. The van der Waals surface area contributed by atoms with E-state index in [9.17, 15) is 9.70 Å². The third-order valence-corrected chi connectivity index (χ3v) is 2.89. The van der Waals surface area contributed by atoms with Gasteiger partial charge in [0.05, 0.1) is 11.4 Å². The molecule has 0 radical (unpaired) electrons. The molecule has 0 unspecified atom stereocenters. The van der Waals surface area contributed by atoms with Crippen LogP contribution >= 0.6 is 0 Å². The maximum atomic E-state index is 12.2. The third kappa shape index (κ3) is 1.88. The van der Waals surface area contributed by atoms with Crippen LogP contribution in [0.4, 0.5) is 5.69 Å². The molecule has 5 heteroatoms. The zero-order valence-corrected chi connectivity index (χ0v) is 10.5. The summed E-state index contributed by atoms with van der Waals surface area (Å²) in [5.74, 6) is 0. The summed E-state index contributed by atoms with van der Waals surface area (Å²) >= 11 is 0. The van der Waals surface area contributed by atoms with Crippen LogP contribution in [-0.2, 0) is 6.54 Å². The lowest BCUT2D eigenvalue weighted by Crippen LogP contribution is -2.21. The van der Waals surface area contributed by atoms with Crippen molar-refractivity contribution < 1.29 is 0 Å². The van der Waals surface area contributed by atoms with Crippen LogP contribution in [-0.4, -0.2) is 9.36 Å². The van der Waals surface area contributed by atoms with Crippen LogP contribution in [0.15, 0.2) is 40.3 Å². The molecule has 94 valence electrons. The van der Waals surface area contributed by atoms with Crippen LogP contribution in [0.1, 0.15) is 19.0 Å². The van der Waals surface area contributed by atoms with Crippen LogP contribution in [0, 0.1) is 11.8 Å². The zero-order valence-electron chi connectivity index (χ0n) is 10.5. The van der Waals surface area contributed by atoms with Crippen LogP contribution in [0.2, 0.25) is 0 Å². The standard InChI is InChI=1S/C13H15N3O2/c1-3-9-15-10(2)12(14-18)13(17)16(15)11-7-5-4-6-8-11/h4-8H,3,9H2,1-2H3. The van der Waals surface area contributed by atoms with E-state index in [1.54, 1.807) is 11.6 Å². The van der Waals surface area contributed by atoms with E-state index in [1.165, 1.54) is 4.68 Å². The number of nitrogens with zero attached hydrogens (tertiary/aromatic N) is 3. The van der Waals surface area contributed by atoms with Crippen molar-refractivity contribution >= 4 is 5.69 Å². The molecule has 5 nitrogen and oxygen atoms in total. The molecule has 0 bridgehead atoms.